The van der Waals surface area contributed by atoms with Gasteiger partial charge in [-0.3, -0.25) is 9.59 Å². The molecule has 1 amide bonds. The summed E-state index contributed by atoms with van der Waals surface area (Å²) in [6, 6.07) is 5.36. The molecule has 0 fully saturated rings. The summed E-state index contributed by atoms with van der Waals surface area (Å²) in [5.41, 5.74) is 0.911. The van der Waals surface area contributed by atoms with Crippen LogP contribution in [0.4, 0.5) is 0 Å². The van der Waals surface area contributed by atoms with Gasteiger partial charge >= 0.3 is 5.97 Å². The molecule has 1 rings (SSSR count). The van der Waals surface area contributed by atoms with E-state index in [4.69, 9.17) is 14.6 Å². The minimum Gasteiger partial charge on any atom is -0.497 e. The molecule has 0 bridgehead atoms. The quantitative estimate of drug-likeness (QED) is 0.755. The van der Waals surface area contributed by atoms with Gasteiger partial charge in [-0.2, -0.15) is 0 Å². The van der Waals surface area contributed by atoms with E-state index in [9.17, 15) is 9.59 Å². The molecule has 0 aliphatic rings. The molecule has 23 heavy (non-hydrogen) atoms. The summed E-state index contributed by atoms with van der Waals surface area (Å²) in [6.07, 6.45) is 1.46. The third-order valence-corrected chi connectivity index (χ3v) is 3.79. The number of ether oxygens (including phenoxy) is 2. The van der Waals surface area contributed by atoms with Crippen LogP contribution in [0.2, 0.25) is 0 Å². The number of hydrogen-bond donors (Lipinski definition) is 1. The number of nitrogens with zero attached hydrogens (tertiary/aromatic N) is 1. The van der Waals surface area contributed by atoms with E-state index >= 15 is 0 Å². The van der Waals surface area contributed by atoms with Gasteiger partial charge in [-0.25, -0.2) is 0 Å². The normalized spacial score (nSPS) is 11.7. The summed E-state index contributed by atoms with van der Waals surface area (Å²) in [4.78, 5) is 24.7. The number of benzene rings is 1. The topological polar surface area (TPSA) is 76.1 Å². The first-order valence-electron chi connectivity index (χ1n) is 7.64. The van der Waals surface area contributed by atoms with Crippen molar-refractivity contribution < 1.29 is 24.2 Å². The predicted molar refractivity (Wildman–Crippen MR) is 87.0 cm³/mol. The van der Waals surface area contributed by atoms with Gasteiger partial charge in [0.2, 0.25) is 5.91 Å². The van der Waals surface area contributed by atoms with Gasteiger partial charge in [0.25, 0.3) is 0 Å². The number of carbonyl (C=O) groups excluding carboxylic acids is 1. The number of rotatable bonds is 9. The monoisotopic (exact) mass is 323 g/mol. The van der Waals surface area contributed by atoms with E-state index in [1.54, 1.807) is 20.3 Å². The molecule has 0 heterocycles. The van der Waals surface area contributed by atoms with Gasteiger partial charge in [0, 0.05) is 18.5 Å². The number of carbonyl (C=O) groups is 2. The van der Waals surface area contributed by atoms with Crippen LogP contribution in [0.15, 0.2) is 18.2 Å². The SMILES string of the molecule is CCC(C)N(CC(=O)O)C(=O)CCc1cc(OC)cc(OC)c1. The highest BCUT2D eigenvalue weighted by atomic mass is 16.5. The van der Waals surface area contributed by atoms with Gasteiger partial charge in [-0.05, 0) is 37.5 Å². The highest BCUT2D eigenvalue weighted by Gasteiger charge is 2.21. The fourth-order valence-corrected chi connectivity index (χ4v) is 2.26. The van der Waals surface area contributed by atoms with Gasteiger partial charge in [0.15, 0.2) is 0 Å². The van der Waals surface area contributed by atoms with Crippen molar-refractivity contribution in [2.24, 2.45) is 0 Å². The molecule has 0 spiro atoms. The Bertz CT molecular complexity index is 522. The molecule has 0 aromatic heterocycles. The minimum atomic E-state index is -0.998. The van der Waals surface area contributed by atoms with Crippen LogP contribution in [-0.2, 0) is 16.0 Å². The number of hydrogen-bond acceptors (Lipinski definition) is 4. The second-order valence-electron chi connectivity index (χ2n) is 5.39. The molecule has 0 aliphatic carbocycles. The summed E-state index contributed by atoms with van der Waals surface area (Å²) in [6.45, 7) is 3.52. The Labute approximate surface area is 137 Å². The summed E-state index contributed by atoms with van der Waals surface area (Å²) >= 11 is 0. The van der Waals surface area contributed by atoms with Crippen molar-refractivity contribution in [3.05, 3.63) is 23.8 Å². The first kappa shape index (κ1) is 18.8. The lowest BCUT2D eigenvalue weighted by Crippen LogP contribution is -2.41. The maximum atomic E-state index is 12.4. The van der Waals surface area contributed by atoms with E-state index in [2.05, 4.69) is 0 Å². The van der Waals surface area contributed by atoms with E-state index in [0.29, 0.717) is 24.3 Å². The molecule has 128 valence electrons. The first-order valence-corrected chi connectivity index (χ1v) is 7.64. The van der Waals surface area contributed by atoms with Crippen LogP contribution in [0.5, 0.6) is 11.5 Å². The Morgan fingerprint density at radius 3 is 2.17 bits per heavy atom. The Morgan fingerprint density at radius 1 is 1.17 bits per heavy atom. The third-order valence-electron chi connectivity index (χ3n) is 3.79. The molecule has 1 atom stereocenters. The zero-order valence-electron chi connectivity index (χ0n) is 14.2. The van der Waals surface area contributed by atoms with Crippen molar-refractivity contribution in [1.29, 1.82) is 0 Å². The zero-order valence-corrected chi connectivity index (χ0v) is 14.2. The minimum absolute atomic E-state index is 0.0987. The molecular formula is C17H25NO5. The molecule has 1 N–H and O–H groups in total. The van der Waals surface area contributed by atoms with Crippen molar-refractivity contribution in [3.63, 3.8) is 0 Å². The van der Waals surface area contributed by atoms with E-state index in [0.717, 1.165) is 5.56 Å². The van der Waals surface area contributed by atoms with Crippen LogP contribution in [-0.4, -0.2) is 48.7 Å². The van der Waals surface area contributed by atoms with E-state index in [1.165, 1.54) is 4.90 Å². The van der Waals surface area contributed by atoms with Crippen LogP contribution in [0.3, 0.4) is 0 Å². The fraction of sp³-hybridized carbons (Fsp3) is 0.529. The van der Waals surface area contributed by atoms with Crippen molar-refractivity contribution >= 4 is 11.9 Å². The highest BCUT2D eigenvalue weighted by molar-refractivity contribution is 5.81. The Hall–Kier alpha value is -2.24. The number of carboxylic acids is 1. The van der Waals surface area contributed by atoms with Crippen LogP contribution >= 0.6 is 0 Å². The summed E-state index contributed by atoms with van der Waals surface area (Å²) in [5, 5.41) is 8.97. The van der Waals surface area contributed by atoms with Crippen molar-refractivity contribution in [3.8, 4) is 11.5 Å². The molecule has 1 unspecified atom stereocenters. The van der Waals surface area contributed by atoms with Gasteiger partial charge in [0.1, 0.15) is 18.0 Å². The Balaban J connectivity index is 2.78. The second kappa shape index (κ2) is 9.02. The van der Waals surface area contributed by atoms with Crippen molar-refractivity contribution in [1.82, 2.24) is 4.90 Å². The Morgan fingerprint density at radius 2 is 1.74 bits per heavy atom. The molecule has 1 aromatic rings. The lowest BCUT2D eigenvalue weighted by atomic mass is 10.1. The van der Waals surface area contributed by atoms with Gasteiger partial charge in [0.05, 0.1) is 14.2 Å². The number of carboxylic acid groups (broad SMARTS) is 1. The summed E-state index contributed by atoms with van der Waals surface area (Å²) in [7, 11) is 3.14. The molecule has 0 radical (unpaired) electrons. The largest absolute Gasteiger partial charge is 0.497 e. The van der Waals surface area contributed by atoms with Gasteiger partial charge in [-0.15, -0.1) is 0 Å². The summed E-state index contributed by atoms with van der Waals surface area (Å²) in [5.74, 6) is 0.164. The highest BCUT2D eigenvalue weighted by Crippen LogP contribution is 2.23. The van der Waals surface area contributed by atoms with Crippen molar-refractivity contribution in [2.75, 3.05) is 20.8 Å². The average Bonchev–Trinajstić information content (AvgIpc) is 2.56. The number of methoxy groups -OCH3 is 2. The molecular weight excluding hydrogens is 298 g/mol. The molecule has 0 saturated heterocycles. The van der Waals surface area contributed by atoms with Crippen LogP contribution in [0.1, 0.15) is 32.3 Å². The maximum absolute atomic E-state index is 12.4. The smallest absolute Gasteiger partial charge is 0.323 e. The van der Waals surface area contributed by atoms with E-state index in [-0.39, 0.29) is 24.9 Å². The second-order valence-corrected chi connectivity index (χ2v) is 5.39. The van der Waals surface area contributed by atoms with Crippen molar-refractivity contribution in [2.45, 2.75) is 39.2 Å². The average molecular weight is 323 g/mol. The third kappa shape index (κ3) is 5.81. The molecule has 1 aromatic carbocycles. The van der Waals surface area contributed by atoms with E-state index in [1.807, 2.05) is 26.0 Å². The van der Waals surface area contributed by atoms with Crippen LogP contribution in [0.25, 0.3) is 0 Å². The van der Waals surface area contributed by atoms with Gasteiger partial charge < -0.3 is 19.5 Å². The lowest BCUT2D eigenvalue weighted by molar-refractivity contribution is -0.146. The van der Waals surface area contributed by atoms with Gasteiger partial charge in [-0.1, -0.05) is 6.92 Å². The fourth-order valence-electron chi connectivity index (χ4n) is 2.26. The van der Waals surface area contributed by atoms with Crippen LogP contribution in [0, 0.1) is 0 Å². The number of amides is 1. The number of aliphatic carboxylic acids is 1. The summed E-state index contributed by atoms with van der Waals surface area (Å²) < 4.78 is 10.4. The van der Waals surface area contributed by atoms with E-state index < -0.39 is 5.97 Å². The molecule has 0 aliphatic heterocycles. The Kier molecular flexibility index (Phi) is 7.38. The molecule has 6 heteroatoms. The van der Waals surface area contributed by atoms with Crippen LogP contribution < -0.4 is 9.47 Å². The zero-order chi connectivity index (χ0) is 17.4. The maximum Gasteiger partial charge on any atom is 0.323 e. The molecule has 6 nitrogen and oxygen atoms in total. The number of aryl methyl sites for hydroxylation is 1. The predicted octanol–water partition coefficient (Wildman–Crippen LogP) is 2.35. The standard InChI is InChI=1S/C17H25NO5/c1-5-12(2)18(11-17(20)21)16(19)7-6-13-8-14(22-3)10-15(9-13)23-4/h8-10,12H,5-7,11H2,1-4H3,(H,20,21). The first-order chi connectivity index (χ1) is 10.9. The molecule has 0 saturated carbocycles. The lowest BCUT2D eigenvalue weighted by Gasteiger charge is -2.27.